The Morgan fingerprint density at radius 3 is 2.74 bits per heavy atom. The predicted molar refractivity (Wildman–Crippen MR) is 83.5 cm³/mol. The Morgan fingerprint density at radius 2 is 2.13 bits per heavy atom. The zero-order valence-corrected chi connectivity index (χ0v) is 13.2. The molecule has 0 spiro atoms. The number of rotatable bonds is 7. The standard InChI is InChI=1S/C15H19NO6S/c17-15(22-11-12-5-2-1-3-6-12)16-13(8-10-23(18,19)20)14-7-4-9-21-14/h1-7,13-14H,8-11H2,(H,16,17)(H,18,19,20)/t13-,14-/m0/s1. The second-order valence-electron chi connectivity index (χ2n) is 5.11. The molecule has 0 saturated carbocycles. The molecule has 2 rings (SSSR count). The lowest BCUT2D eigenvalue weighted by Crippen LogP contribution is -2.44. The molecule has 0 aliphatic carbocycles. The van der Waals surface area contributed by atoms with Gasteiger partial charge in [0.15, 0.2) is 0 Å². The zero-order chi connectivity index (χ0) is 16.7. The summed E-state index contributed by atoms with van der Waals surface area (Å²) in [6, 6.07) is 8.58. The highest BCUT2D eigenvalue weighted by molar-refractivity contribution is 7.85. The molecule has 126 valence electrons. The average Bonchev–Trinajstić information content (AvgIpc) is 3.04. The smallest absolute Gasteiger partial charge is 0.407 e. The second kappa shape index (κ2) is 8.09. The fourth-order valence-corrected chi connectivity index (χ4v) is 2.72. The fraction of sp³-hybridized carbons (Fsp3) is 0.400. The molecule has 1 aliphatic rings. The van der Waals surface area contributed by atoms with Crippen molar-refractivity contribution in [2.75, 3.05) is 12.4 Å². The third-order valence-electron chi connectivity index (χ3n) is 3.31. The monoisotopic (exact) mass is 341 g/mol. The number of carbonyl (C=O) groups is 1. The van der Waals surface area contributed by atoms with Crippen LogP contribution in [0, 0.1) is 0 Å². The molecule has 2 N–H and O–H groups in total. The van der Waals surface area contributed by atoms with E-state index in [1.54, 1.807) is 12.2 Å². The summed E-state index contributed by atoms with van der Waals surface area (Å²) < 4.78 is 41.2. The molecular formula is C15H19NO6S. The van der Waals surface area contributed by atoms with Crippen molar-refractivity contribution in [3.63, 3.8) is 0 Å². The Kier molecular flexibility index (Phi) is 6.14. The highest BCUT2D eigenvalue weighted by Gasteiger charge is 2.26. The van der Waals surface area contributed by atoms with Crippen molar-refractivity contribution in [1.82, 2.24) is 5.32 Å². The van der Waals surface area contributed by atoms with E-state index in [0.29, 0.717) is 6.61 Å². The summed E-state index contributed by atoms with van der Waals surface area (Å²) in [6.07, 6.45) is 2.43. The van der Waals surface area contributed by atoms with E-state index < -0.39 is 34.1 Å². The van der Waals surface area contributed by atoms with Gasteiger partial charge in [-0.3, -0.25) is 4.55 Å². The van der Waals surface area contributed by atoms with Crippen LogP contribution in [-0.4, -0.2) is 43.6 Å². The minimum Gasteiger partial charge on any atom is -0.445 e. The Morgan fingerprint density at radius 1 is 1.39 bits per heavy atom. The molecule has 1 aliphatic heterocycles. The number of hydrogen-bond donors (Lipinski definition) is 2. The Balaban J connectivity index is 1.88. The summed E-state index contributed by atoms with van der Waals surface area (Å²) in [5.74, 6) is -0.468. The van der Waals surface area contributed by atoms with Crippen molar-refractivity contribution >= 4 is 16.2 Å². The maximum Gasteiger partial charge on any atom is 0.407 e. The summed E-state index contributed by atoms with van der Waals surface area (Å²) in [5.41, 5.74) is 0.842. The van der Waals surface area contributed by atoms with Crippen molar-refractivity contribution in [2.24, 2.45) is 0 Å². The van der Waals surface area contributed by atoms with Crippen molar-refractivity contribution in [3.05, 3.63) is 48.0 Å². The third kappa shape index (κ3) is 6.39. The lowest BCUT2D eigenvalue weighted by Gasteiger charge is -2.22. The number of carbonyl (C=O) groups excluding carboxylic acids is 1. The van der Waals surface area contributed by atoms with Crippen LogP contribution in [0.15, 0.2) is 42.5 Å². The molecule has 0 unspecified atom stereocenters. The first-order chi connectivity index (χ1) is 10.9. The number of hydrogen-bond acceptors (Lipinski definition) is 5. The Labute approximate surface area is 135 Å². The van der Waals surface area contributed by atoms with Crippen molar-refractivity contribution in [1.29, 1.82) is 0 Å². The van der Waals surface area contributed by atoms with Gasteiger partial charge >= 0.3 is 6.09 Å². The van der Waals surface area contributed by atoms with Crippen LogP contribution in [0.2, 0.25) is 0 Å². The van der Waals surface area contributed by atoms with Crippen LogP contribution in [0.25, 0.3) is 0 Å². The number of amides is 1. The van der Waals surface area contributed by atoms with Crippen LogP contribution >= 0.6 is 0 Å². The molecule has 8 heteroatoms. The van der Waals surface area contributed by atoms with Crippen LogP contribution < -0.4 is 5.32 Å². The van der Waals surface area contributed by atoms with Crippen molar-refractivity contribution in [3.8, 4) is 0 Å². The molecule has 7 nitrogen and oxygen atoms in total. The molecule has 1 amide bonds. The molecule has 0 fully saturated rings. The summed E-state index contributed by atoms with van der Waals surface area (Å²) >= 11 is 0. The Bertz CT molecular complexity index is 643. The number of ether oxygens (including phenoxy) is 2. The van der Waals surface area contributed by atoms with E-state index in [9.17, 15) is 13.2 Å². The average molecular weight is 341 g/mol. The molecule has 23 heavy (non-hydrogen) atoms. The van der Waals surface area contributed by atoms with Crippen LogP contribution in [0.4, 0.5) is 4.79 Å². The topological polar surface area (TPSA) is 102 Å². The third-order valence-corrected chi connectivity index (χ3v) is 4.06. The molecule has 0 saturated heterocycles. The van der Waals surface area contributed by atoms with E-state index in [0.717, 1.165) is 5.56 Å². The predicted octanol–water partition coefficient (Wildman–Crippen LogP) is 1.51. The number of alkyl carbamates (subject to hydrolysis) is 1. The van der Waals surface area contributed by atoms with E-state index in [-0.39, 0.29) is 13.0 Å². The molecule has 1 aromatic rings. The SMILES string of the molecule is O=C(N[C@@H](CCS(=O)(=O)O)[C@@H]1C=CCO1)OCc1ccccc1. The highest BCUT2D eigenvalue weighted by Crippen LogP contribution is 2.13. The van der Waals surface area contributed by atoms with Crippen LogP contribution in [0.3, 0.4) is 0 Å². The second-order valence-corrected chi connectivity index (χ2v) is 6.69. The van der Waals surface area contributed by atoms with Gasteiger partial charge in [-0.2, -0.15) is 8.42 Å². The summed E-state index contributed by atoms with van der Waals surface area (Å²) in [7, 11) is -4.11. The molecule has 2 atom stereocenters. The van der Waals surface area contributed by atoms with E-state index in [2.05, 4.69) is 5.32 Å². The van der Waals surface area contributed by atoms with E-state index in [4.69, 9.17) is 14.0 Å². The minimum atomic E-state index is -4.11. The molecule has 1 aromatic carbocycles. The fourth-order valence-electron chi connectivity index (χ4n) is 2.17. The lowest BCUT2D eigenvalue weighted by atomic mass is 10.1. The van der Waals surface area contributed by atoms with Gasteiger partial charge in [-0.1, -0.05) is 42.5 Å². The zero-order valence-electron chi connectivity index (χ0n) is 12.4. The van der Waals surface area contributed by atoms with Gasteiger partial charge in [0.25, 0.3) is 10.1 Å². The normalized spacial score (nSPS) is 18.6. The summed E-state index contributed by atoms with van der Waals surface area (Å²) in [5, 5.41) is 2.59. The van der Waals surface area contributed by atoms with Crippen LogP contribution in [0.5, 0.6) is 0 Å². The number of nitrogens with one attached hydrogen (secondary N) is 1. The molecular weight excluding hydrogens is 322 g/mol. The maximum atomic E-state index is 11.9. The van der Waals surface area contributed by atoms with Gasteiger partial charge in [0.2, 0.25) is 0 Å². The highest BCUT2D eigenvalue weighted by atomic mass is 32.2. The summed E-state index contributed by atoms with van der Waals surface area (Å²) in [4.78, 5) is 11.9. The van der Waals surface area contributed by atoms with Gasteiger partial charge < -0.3 is 14.8 Å². The van der Waals surface area contributed by atoms with Gasteiger partial charge in [0.1, 0.15) is 6.61 Å². The van der Waals surface area contributed by atoms with Crippen molar-refractivity contribution < 1.29 is 27.2 Å². The van der Waals surface area contributed by atoms with Crippen molar-refractivity contribution in [2.45, 2.75) is 25.2 Å². The molecule has 0 radical (unpaired) electrons. The first-order valence-corrected chi connectivity index (χ1v) is 8.75. The lowest BCUT2D eigenvalue weighted by molar-refractivity contribution is 0.0835. The Hall–Kier alpha value is -1.90. The van der Waals surface area contributed by atoms with Gasteiger partial charge in [0, 0.05) is 0 Å². The molecule has 0 aromatic heterocycles. The van der Waals surface area contributed by atoms with E-state index in [1.807, 2.05) is 30.3 Å². The van der Waals surface area contributed by atoms with Crippen LogP contribution in [-0.2, 0) is 26.2 Å². The van der Waals surface area contributed by atoms with E-state index >= 15 is 0 Å². The largest absolute Gasteiger partial charge is 0.445 e. The van der Waals surface area contributed by atoms with Gasteiger partial charge in [-0.25, -0.2) is 4.79 Å². The minimum absolute atomic E-state index is 0.0221. The van der Waals surface area contributed by atoms with Gasteiger partial charge in [0.05, 0.1) is 24.5 Å². The maximum absolute atomic E-state index is 11.9. The molecule has 0 bridgehead atoms. The number of benzene rings is 1. The van der Waals surface area contributed by atoms with E-state index in [1.165, 1.54) is 0 Å². The van der Waals surface area contributed by atoms with Crippen LogP contribution in [0.1, 0.15) is 12.0 Å². The first kappa shape index (κ1) is 17.5. The van der Waals surface area contributed by atoms with Gasteiger partial charge in [-0.05, 0) is 12.0 Å². The first-order valence-electron chi connectivity index (χ1n) is 7.15. The quantitative estimate of drug-likeness (QED) is 0.576. The summed E-state index contributed by atoms with van der Waals surface area (Å²) in [6.45, 7) is 0.507. The molecule has 1 heterocycles. The van der Waals surface area contributed by atoms with Gasteiger partial charge in [-0.15, -0.1) is 0 Å².